The first-order valence-electron chi connectivity index (χ1n) is 3.45. The van der Waals surface area contributed by atoms with Crippen molar-refractivity contribution in [2.45, 2.75) is 13.5 Å². The van der Waals surface area contributed by atoms with Crippen LogP contribution in [0, 0.1) is 12.7 Å². The second kappa shape index (κ2) is 3.51. The van der Waals surface area contributed by atoms with Gasteiger partial charge in [-0.05, 0) is 24.6 Å². The van der Waals surface area contributed by atoms with Crippen LogP contribution in [0.15, 0.2) is 12.1 Å². The molecule has 0 fully saturated rings. The molecule has 0 radical (unpaired) electrons. The summed E-state index contributed by atoms with van der Waals surface area (Å²) >= 11 is 0. The van der Waals surface area contributed by atoms with Gasteiger partial charge in [0.15, 0.2) is 0 Å². The molecule has 0 saturated heterocycles. The van der Waals surface area contributed by atoms with Crippen molar-refractivity contribution in [3.8, 4) is 5.75 Å². The van der Waals surface area contributed by atoms with Crippen molar-refractivity contribution >= 4 is 0 Å². The highest BCUT2D eigenvalue weighted by Crippen LogP contribution is 2.21. The maximum absolute atomic E-state index is 12.9. The van der Waals surface area contributed by atoms with Crippen LogP contribution in [-0.2, 0) is 11.4 Å². The van der Waals surface area contributed by atoms with Crippen LogP contribution >= 0.6 is 0 Å². The van der Waals surface area contributed by atoms with Crippen LogP contribution in [0.1, 0.15) is 11.1 Å². The topological polar surface area (TPSA) is 55.5 Å². The summed E-state index contributed by atoms with van der Waals surface area (Å²) < 4.78 is 12.9. The van der Waals surface area contributed by atoms with Gasteiger partial charge in [-0.15, -0.1) is 0 Å². The third kappa shape index (κ3) is 1.72. The minimum absolute atomic E-state index is 0.000602. The summed E-state index contributed by atoms with van der Waals surface area (Å²) in [4.78, 5) is 4.28. The molecule has 0 aromatic heterocycles. The van der Waals surface area contributed by atoms with Gasteiger partial charge in [0.1, 0.15) is 11.6 Å². The number of aryl methyl sites for hydroxylation is 1. The molecule has 12 heavy (non-hydrogen) atoms. The van der Waals surface area contributed by atoms with Crippen LogP contribution in [0.25, 0.3) is 0 Å². The Morgan fingerprint density at radius 3 is 2.83 bits per heavy atom. The number of halogens is 1. The van der Waals surface area contributed by atoms with Crippen molar-refractivity contribution in [1.29, 1.82) is 0 Å². The van der Waals surface area contributed by atoms with Crippen LogP contribution < -0.4 is 5.90 Å². The van der Waals surface area contributed by atoms with E-state index in [1.807, 2.05) is 0 Å². The second-order valence-corrected chi connectivity index (χ2v) is 2.54. The minimum atomic E-state index is -0.375. The predicted molar refractivity (Wildman–Crippen MR) is 41.8 cm³/mol. The number of rotatable bonds is 2. The standard InChI is InChI=1S/C8H10FNO2/c1-5-2-8(11)6(4-12-10)3-7(5)9/h2-3,11H,4,10H2,1H3. The highest BCUT2D eigenvalue weighted by molar-refractivity contribution is 5.36. The maximum atomic E-state index is 12.9. The smallest absolute Gasteiger partial charge is 0.126 e. The van der Waals surface area contributed by atoms with Crippen LogP contribution in [0.2, 0.25) is 0 Å². The summed E-state index contributed by atoms with van der Waals surface area (Å²) in [5, 5.41) is 9.24. The zero-order chi connectivity index (χ0) is 9.14. The van der Waals surface area contributed by atoms with Crippen LogP contribution in [0.3, 0.4) is 0 Å². The summed E-state index contributed by atoms with van der Waals surface area (Å²) in [6.45, 7) is 1.57. The van der Waals surface area contributed by atoms with Crippen LogP contribution in [-0.4, -0.2) is 5.11 Å². The molecule has 0 saturated carbocycles. The molecular formula is C8H10FNO2. The molecule has 1 rings (SSSR count). The molecule has 0 aliphatic carbocycles. The zero-order valence-electron chi connectivity index (χ0n) is 6.67. The molecule has 0 spiro atoms. The Bertz CT molecular complexity index is 289. The maximum Gasteiger partial charge on any atom is 0.126 e. The van der Waals surface area contributed by atoms with Gasteiger partial charge in [0.2, 0.25) is 0 Å². The number of nitrogens with two attached hydrogens (primary N) is 1. The van der Waals surface area contributed by atoms with Gasteiger partial charge in [0.25, 0.3) is 0 Å². The van der Waals surface area contributed by atoms with Crippen molar-refractivity contribution in [1.82, 2.24) is 0 Å². The predicted octanol–water partition coefficient (Wildman–Crippen LogP) is 1.23. The Kier molecular flexibility index (Phi) is 2.62. The van der Waals surface area contributed by atoms with Crippen molar-refractivity contribution in [2.24, 2.45) is 5.90 Å². The van der Waals surface area contributed by atoms with Gasteiger partial charge < -0.3 is 5.11 Å². The molecule has 4 heteroatoms. The van der Waals surface area contributed by atoms with E-state index in [9.17, 15) is 9.50 Å². The number of hydrogen-bond acceptors (Lipinski definition) is 3. The highest BCUT2D eigenvalue weighted by atomic mass is 19.1. The summed E-state index contributed by atoms with van der Waals surface area (Å²) in [5.41, 5.74) is 0.744. The molecule has 0 heterocycles. The van der Waals surface area contributed by atoms with Crippen LogP contribution in [0.4, 0.5) is 4.39 Å². The average molecular weight is 171 g/mol. The van der Waals surface area contributed by atoms with E-state index in [0.717, 1.165) is 0 Å². The van der Waals surface area contributed by atoms with E-state index < -0.39 is 0 Å². The molecule has 1 aromatic rings. The van der Waals surface area contributed by atoms with Crippen molar-refractivity contribution in [3.05, 3.63) is 29.1 Å². The highest BCUT2D eigenvalue weighted by Gasteiger charge is 2.05. The molecule has 0 atom stereocenters. The molecule has 0 aliphatic heterocycles. The van der Waals surface area contributed by atoms with Gasteiger partial charge in [-0.25, -0.2) is 10.3 Å². The normalized spacial score (nSPS) is 10.2. The first-order chi connectivity index (χ1) is 5.65. The van der Waals surface area contributed by atoms with E-state index in [4.69, 9.17) is 5.90 Å². The number of phenols is 1. The Morgan fingerprint density at radius 1 is 1.58 bits per heavy atom. The molecule has 3 N–H and O–H groups in total. The van der Waals surface area contributed by atoms with Crippen molar-refractivity contribution in [2.75, 3.05) is 0 Å². The molecule has 0 amide bonds. The number of phenolic OH excluding ortho intramolecular Hbond substituents is 1. The first-order valence-corrected chi connectivity index (χ1v) is 3.45. The molecule has 0 unspecified atom stereocenters. The first kappa shape index (κ1) is 8.96. The summed E-state index contributed by atoms with van der Waals surface area (Å²) in [6, 6.07) is 2.54. The molecule has 1 aromatic carbocycles. The fourth-order valence-corrected chi connectivity index (χ4v) is 0.913. The Balaban J connectivity index is 3.05. The van der Waals surface area contributed by atoms with E-state index in [2.05, 4.69) is 4.84 Å². The zero-order valence-corrected chi connectivity index (χ0v) is 6.67. The fourth-order valence-electron chi connectivity index (χ4n) is 0.913. The Morgan fingerprint density at radius 2 is 2.25 bits per heavy atom. The molecule has 0 aliphatic rings. The average Bonchev–Trinajstić information content (AvgIpc) is 2.01. The lowest BCUT2D eigenvalue weighted by Gasteiger charge is -2.04. The van der Waals surface area contributed by atoms with E-state index >= 15 is 0 Å². The molecule has 0 bridgehead atoms. The third-order valence-corrected chi connectivity index (χ3v) is 1.60. The lowest BCUT2D eigenvalue weighted by Crippen LogP contribution is -2.00. The summed E-state index contributed by atoms with van der Waals surface area (Å²) in [6.07, 6.45) is 0. The van der Waals surface area contributed by atoms with E-state index in [1.54, 1.807) is 6.92 Å². The Hall–Kier alpha value is -1.13. The van der Waals surface area contributed by atoms with Gasteiger partial charge in [-0.2, -0.15) is 0 Å². The largest absolute Gasteiger partial charge is 0.508 e. The van der Waals surface area contributed by atoms with Gasteiger partial charge in [0, 0.05) is 5.56 Å². The third-order valence-electron chi connectivity index (χ3n) is 1.60. The lowest BCUT2D eigenvalue weighted by molar-refractivity contribution is 0.122. The number of aromatic hydroxyl groups is 1. The molecule has 66 valence electrons. The quantitative estimate of drug-likeness (QED) is 0.658. The number of hydrogen-bond donors (Lipinski definition) is 2. The van der Waals surface area contributed by atoms with Crippen LogP contribution in [0.5, 0.6) is 5.75 Å². The van der Waals surface area contributed by atoms with Gasteiger partial charge >= 0.3 is 0 Å². The molecule has 3 nitrogen and oxygen atoms in total. The Labute approximate surface area is 69.5 Å². The van der Waals surface area contributed by atoms with E-state index in [-0.39, 0.29) is 18.2 Å². The van der Waals surface area contributed by atoms with E-state index in [1.165, 1.54) is 12.1 Å². The van der Waals surface area contributed by atoms with E-state index in [0.29, 0.717) is 11.1 Å². The van der Waals surface area contributed by atoms with Gasteiger partial charge in [-0.1, -0.05) is 0 Å². The summed E-state index contributed by atoms with van der Waals surface area (Å²) in [5.74, 6) is 4.41. The SMILES string of the molecule is Cc1cc(O)c(CON)cc1F. The molecular weight excluding hydrogens is 161 g/mol. The van der Waals surface area contributed by atoms with Gasteiger partial charge in [-0.3, -0.25) is 4.84 Å². The number of benzene rings is 1. The second-order valence-electron chi connectivity index (χ2n) is 2.54. The van der Waals surface area contributed by atoms with Crippen molar-refractivity contribution < 1.29 is 14.3 Å². The fraction of sp³-hybridized carbons (Fsp3) is 0.250. The minimum Gasteiger partial charge on any atom is -0.508 e. The van der Waals surface area contributed by atoms with Crippen molar-refractivity contribution in [3.63, 3.8) is 0 Å². The lowest BCUT2D eigenvalue weighted by atomic mass is 10.1. The van der Waals surface area contributed by atoms with Gasteiger partial charge in [0.05, 0.1) is 6.61 Å². The monoisotopic (exact) mass is 171 g/mol. The summed E-state index contributed by atoms with van der Waals surface area (Å²) in [7, 11) is 0.